The van der Waals surface area contributed by atoms with E-state index in [-0.39, 0.29) is 11.7 Å². The van der Waals surface area contributed by atoms with E-state index in [1.54, 1.807) is 0 Å². The number of hydrogen-bond acceptors (Lipinski definition) is 4. The largest absolute Gasteiger partial charge is 0.325 e. The Hall–Kier alpha value is -2.31. The van der Waals surface area contributed by atoms with E-state index in [0.29, 0.717) is 16.0 Å². The van der Waals surface area contributed by atoms with Crippen LogP contribution in [0.1, 0.15) is 5.56 Å². The summed E-state index contributed by atoms with van der Waals surface area (Å²) >= 11 is 7.38. The molecule has 0 bridgehead atoms. The number of carbonyl (C=O) groups excluding carboxylic acids is 1. The topological polar surface area (TPSA) is 59.8 Å². The molecule has 0 fully saturated rings. The Morgan fingerprint density at radius 2 is 2.00 bits per heavy atom. The molecule has 25 heavy (non-hydrogen) atoms. The van der Waals surface area contributed by atoms with Crippen LogP contribution >= 0.6 is 23.4 Å². The van der Waals surface area contributed by atoms with Crippen LogP contribution in [0, 0.1) is 6.92 Å². The molecule has 0 radical (unpaired) electrons. The molecule has 3 aromatic rings. The second-order valence-electron chi connectivity index (χ2n) is 5.53. The van der Waals surface area contributed by atoms with Gasteiger partial charge < -0.3 is 9.88 Å². The van der Waals surface area contributed by atoms with E-state index in [1.165, 1.54) is 11.8 Å². The Morgan fingerprint density at radius 3 is 2.76 bits per heavy atom. The van der Waals surface area contributed by atoms with Crippen LogP contribution in [0.5, 0.6) is 0 Å². The molecule has 128 valence electrons. The van der Waals surface area contributed by atoms with Gasteiger partial charge in [-0.2, -0.15) is 0 Å². The third-order valence-corrected chi connectivity index (χ3v) is 4.92. The highest BCUT2D eigenvalue weighted by Crippen LogP contribution is 2.24. The normalized spacial score (nSPS) is 10.7. The SMILES string of the molecule is Cc1ccccc1NC(=O)CSc1nnc(-c2cccc(Cl)c2)n1C. The summed E-state index contributed by atoms with van der Waals surface area (Å²) < 4.78 is 1.86. The number of thioether (sulfide) groups is 1. The van der Waals surface area contributed by atoms with Gasteiger partial charge in [-0.25, -0.2) is 0 Å². The van der Waals surface area contributed by atoms with Crippen molar-refractivity contribution in [3.8, 4) is 11.4 Å². The zero-order valence-corrected chi connectivity index (χ0v) is 15.4. The van der Waals surface area contributed by atoms with E-state index in [0.717, 1.165) is 16.8 Å². The van der Waals surface area contributed by atoms with Crippen molar-refractivity contribution in [2.24, 2.45) is 7.05 Å². The molecule has 0 spiro atoms. The van der Waals surface area contributed by atoms with Crippen LogP contribution in [-0.4, -0.2) is 26.4 Å². The summed E-state index contributed by atoms with van der Waals surface area (Å²) in [6.45, 7) is 1.96. The average Bonchev–Trinajstić information content (AvgIpc) is 2.96. The molecule has 1 heterocycles. The first-order valence-electron chi connectivity index (χ1n) is 7.68. The zero-order chi connectivity index (χ0) is 17.8. The van der Waals surface area contributed by atoms with Crippen LogP contribution in [-0.2, 0) is 11.8 Å². The minimum Gasteiger partial charge on any atom is -0.325 e. The summed E-state index contributed by atoms with van der Waals surface area (Å²) in [6.07, 6.45) is 0. The van der Waals surface area contributed by atoms with Crippen molar-refractivity contribution in [2.45, 2.75) is 12.1 Å². The van der Waals surface area contributed by atoms with Crippen LogP contribution < -0.4 is 5.32 Å². The fraction of sp³-hybridized carbons (Fsp3) is 0.167. The average molecular weight is 373 g/mol. The van der Waals surface area contributed by atoms with E-state index >= 15 is 0 Å². The monoisotopic (exact) mass is 372 g/mol. The molecule has 0 saturated carbocycles. The van der Waals surface area contributed by atoms with Crippen LogP contribution in [0.3, 0.4) is 0 Å². The van der Waals surface area contributed by atoms with E-state index in [4.69, 9.17) is 11.6 Å². The molecule has 0 aliphatic rings. The number of nitrogens with one attached hydrogen (secondary N) is 1. The molecule has 1 amide bonds. The summed E-state index contributed by atoms with van der Waals surface area (Å²) in [6, 6.07) is 15.1. The number of aromatic nitrogens is 3. The van der Waals surface area contributed by atoms with Gasteiger partial charge in [0.2, 0.25) is 5.91 Å². The number of aryl methyl sites for hydroxylation is 1. The van der Waals surface area contributed by atoms with Crippen LogP contribution in [0.15, 0.2) is 53.7 Å². The van der Waals surface area contributed by atoms with Gasteiger partial charge in [0, 0.05) is 23.3 Å². The van der Waals surface area contributed by atoms with Gasteiger partial charge in [-0.3, -0.25) is 4.79 Å². The van der Waals surface area contributed by atoms with Crippen LogP contribution in [0.25, 0.3) is 11.4 Å². The molecule has 1 aromatic heterocycles. The molecule has 2 aromatic carbocycles. The van der Waals surface area contributed by atoms with Gasteiger partial charge in [0.25, 0.3) is 0 Å². The third kappa shape index (κ3) is 4.21. The van der Waals surface area contributed by atoms with Crippen molar-refractivity contribution in [3.63, 3.8) is 0 Å². The summed E-state index contributed by atoms with van der Waals surface area (Å²) in [5, 5.41) is 12.6. The maximum atomic E-state index is 12.2. The Bertz CT molecular complexity index is 910. The van der Waals surface area contributed by atoms with Crippen LogP contribution in [0.2, 0.25) is 5.02 Å². The lowest BCUT2D eigenvalue weighted by molar-refractivity contribution is -0.113. The number of benzene rings is 2. The van der Waals surface area contributed by atoms with Crippen molar-refractivity contribution in [1.82, 2.24) is 14.8 Å². The first-order chi connectivity index (χ1) is 12.0. The number of hydrogen-bond donors (Lipinski definition) is 1. The highest BCUT2D eigenvalue weighted by molar-refractivity contribution is 7.99. The summed E-state index contributed by atoms with van der Waals surface area (Å²) in [4.78, 5) is 12.2. The maximum absolute atomic E-state index is 12.2. The van der Waals surface area contributed by atoms with Crippen molar-refractivity contribution >= 4 is 35.0 Å². The fourth-order valence-electron chi connectivity index (χ4n) is 2.35. The Labute approximate surface area is 155 Å². The fourth-order valence-corrected chi connectivity index (χ4v) is 3.25. The lowest BCUT2D eigenvalue weighted by Gasteiger charge is -2.08. The van der Waals surface area contributed by atoms with E-state index in [2.05, 4.69) is 15.5 Å². The first kappa shape index (κ1) is 17.5. The molecule has 0 atom stereocenters. The number of nitrogens with zero attached hydrogens (tertiary/aromatic N) is 3. The second kappa shape index (κ2) is 7.72. The van der Waals surface area contributed by atoms with Gasteiger partial charge in [-0.1, -0.05) is 53.7 Å². The Kier molecular flexibility index (Phi) is 5.40. The smallest absolute Gasteiger partial charge is 0.234 e. The molecule has 0 aliphatic carbocycles. The number of anilines is 1. The molecule has 1 N–H and O–H groups in total. The number of halogens is 1. The molecule has 5 nitrogen and oxygen atoms in total. The van der Waals surface area contributed by atoms with Crippen molar-refractivity contribution in [1.29, 1.82) is 0 Å². The summed E-state index contributed by atoms with van der Waals surface area (Å²) in [5.74, 6) is 0.895. The quantitative estimate of drug-likeness (QED) is 0.683. The van der Waals surface area contributed by atoms with E-state index in [9.17, 15) is 4.79 Å². The molecular formula is C18H17ClN4OS. The minimum atomic E-state index is -0.0772. The van der Waals surface area contributed by atoms with Gasteiger partial charge >= 0.3 is 0 Å². The van der Waals surface area contributed by atoms with Gasteiger partial charge in [0.1, 0.15) is 0 Å². The number of carbonyl (C=O) groups is 1. The Morgan fingerprint density at radius 1 is 1.20 bits per heavy atom. The molecule has 7 heteroatoms. The predicted molar refractivity (Wildman–Crippen MR) is 102 cm³/mol. The van der Waals surface area contributed by atoms with Crippen molar-refractivity contribution in [3.05, 3.63) is 59.1 Å². The highest BCUT2D eigenvalue weighted by atomic mass is 35.5. The van der Waals surface area contributed by atoms with Gasteiger partial charge in [-0.05, 0) is 30.7 Å². The molecular weight excluding hydrogens is 356 g/mol. The van der Waals surface area contributed by atoms with E-state index < -0.39 is 0 Å². The maximum Gasteiger partial charge on any atom is 0.234 e. The first-order valence-corrected chi connectivity index (χ1v) is 9.04. The summed E-state index contributed by atoms with van der Waals surface area (Å²) in [5.41, 5.74) is 2.74. The zero-order valence-electron chi connectivity index (χ0n) is 13.9. The van der Waals surface area contributed by atoms with Crippen LogP contribution in [0.4, 0.5) is 5.69 Å². The molecule has 0 saturated heterocycles. The lowest BCUT2D eigenvalue weighted by Crippen LogP contribution is -2.15. The minimum absolute atomic E-state index is 0.0772. The van der Waals surface area contributed by atoms with Crippen molar-refractivity contribution in [2.75, 3.05) is 11.1 Å². The summed E-state index contributed by atoms with van der Waals surface area (Å²) in [7, 11) is 1.87. The van der Waals surface area contributed by atoms with Gasteiger partial charge in [0.05, 0.1) is 5.75 Å². The number of amides is 1. The molecule has 0 aliphatic heterocycles. The standard InChI is InChI=1S/C18H17ClN4OS/c1-12-6-3-4-9-15(12)20-16(24)11-25-18-22-21-17(23(18)2)13-7-5-8-14(19)10-13/h3-10H,11H2,1-2H3,(H,20,24). The molecule has 0 unspecified atom stereocenters. The highest BCUT2D eigenvalue weighted by Gasteiger charge is 2.13. The third-order valence-electron chi connectivity index (χ3n) is 3.67. The molecule has 3 rings (SSSR count). The van der Waals surface area contributed by atoms with Crippen molar-refractivity contribution < 1.29 is 4.79 Å². The number of para-hydroxylation sites is 1. The Balaban J connectivity index is 1.66. The van der Waals surface area contributed by atoms with Gasteiger partial charge in [-0.15, -0.1) is 10.2 Å². The predicted octanol–water partition coefficient (Wildman–Crippen LogP) is 4.17. The van der Waals surface area contributed by atoms with Gasteiger partial charge in [0.15, 0.2) is 11.0 Å². The second-order valence-corrected chi connectivity index (χ2v) is 6.91. The van der Waals surface area contributed by atoms with E-state index in [1.807, 2.05) is 67.1 Å². The number of rotatable bonds is 5. The lowest BCUT2D eigenvalue weighted by atomic mass is 10.2.